The molecule has 0 spiro atoms. The molecule has 98 valence electrons. The van der Waals surface area contributed by atoms with Crippen molar-refractivity contribution in [3.05, 3.63) is 29.8 Å². The zero-order chi connectivity index (χ0) is 12.8. The van der Waals surface area contributed by atoms with Crippen LogP contribution in [0.1, 0.15) is 5.56 Å². The first kappa shape index (κ1) is 12.9. The van der Waals surface area contributed by atoms with Gasteiger partial charge in [0.15, 0.2) is 0 Å². The summed E-state index contributed by atoms with van der Waals surface area (Å²) >= 11 is 0. The lowest BCUT2D eigenvalue weighted by atomic mass is 10.1. The standard InChI is InChI=1S/C13H19N3O2/c14-9-13(17)15-10-11-3-1-2-4-12(11)16-5-7-18-8-6-16/h1-4H,5-10,14H2,(H,15,17). The number of carbonyl (C=O) groups is 1. The summed E-state index contributed by atoms with van der Waals surface area (Å²) in [7, 11) is 0. The number of carbonyl (C=O) groups excluding carboxylic acids is 1. The maximum Gasteiger partial charge on any atom is 0.234 e. The Morgan fingerprint density at radius 2 is 2.06 bits per heavy atom. The number of nitrogens with one attached hydrogen (secondary N) is 1. The van der Waals surface area contributed by atoms with E-state index in [9.17, 15) is 4.79 Å². The molecule has 0 aromatic heterocycles. The van der Waals surface area contributed by atoms with E-state index < -0.39 is 0 Å². The van der Waals surface area contributed by atoms with E-state index >= 15 is 0 Å². The molecule has 1 aromatic rings. The number of para-hydroxylation sites is 1. The van der Waals surface area contributed by atoms with Crippen LogP contribution in [-0.4, -0.2) is 38.8 Å². The van der Waals surface area contributed by atoms with Gasteiger partial charge in [0.25, 0.3) is 0 Å². The molecule has 0 radical (unpaired) electrons. The number of anilines is 1. The lowest BCUT2D eigenvalue weighted by molar-refractivity contribution is -0.119. The highest BCUT2D eigenvalue weighted by molar-refractivity contribution is 5.77. The van der Waals surface area contributed by atoms with Crippen LogP contribution in [0.2, 0.25) is 0 Å². The Kier molecular flexibility index (Phi) is 4.55. The molecule has 2 rings (SSSR count). The summed E-state index contributed by atoms with van der Waals surface area (Å²) in [6, 6.07) is 8.10. The Morgan fingerprint density at radius 3 is 2.78 bits per heavy atom. The van der Waals surface area contributed by atoms with Gasteiger partial charge in [-0.25, -0.2) is 0 Å². The first-order valence-electron chi connectivity index (χ1n) is 6.18. The molecule has 0 aliphatic carbocycles. The predicted octanol–water partition coefficient (Wildman–Crippen LogP) is 0.0981. The minimum absolute atomic E-state index is 0.0275. The van der Waals surface area contributed by atoms with Crippen molar-refractivity contribution < 1.29 is 9.53 Å². The molecule has 0 saturated carbocycles. The molecule has 0 unspecified atom stereocenters. The number of rotatable bonds is 4. The quantitative estimate of drug-likeness (QED) is 0.794. The number of nitrogens with zero attached hydrogens (tertiary/aromatic N) is 1. The number of benzene rings is 1. The summed E-state index contributed by atoms with van der Waals surface area (Å²) in [4.78, 5) is 13.5. The number of nitrogens with two attached hydrogens (primary N) is 1. The van der Waals surface area contributed by atoms with E-state index in [4.69, 9.17) is 10.5 Å². The summed E-state index contributed by atoms with van der Waals surface area (Å²) in [5.41, 5.74) is 7.56. The molecule has 1 saturated heterocycles. The molecule has 1 heterocycles. The second-order valence-corrected chi connectivity index (χ2v) is 4.21. The Hall–Kier alpha value is -1.59. The van der Waals surface area contributed by atoms with Crippen molar-refractivity contribution in [2.75, 3.05) is 37.7 Å². The fourth-order valence-corrected chi connectivity index (χ4v) is 2.04. The maximum atomic E-state index is 11.2. The number of amides is 1. The van der Waals surface area contributed by atoms with E-state index in [0.717, 1.165) is 37.6 Å². The summed E-state index contributed by atoms with van der Waals surface area (Å²) < 4.78 is 5.35. The van der Waals surface area contributed by atoms with E-state index in [2.05, 4.69) is 16.3 Å². The van der Waals surface area contributed by atoms with Gasteiger partial charge in [-0.3, -0.25) is 4.79 Å². The van der Waals surface area contributed by atoms with E-state index in [1.807, 2.05) is 18.2 Å². The fraction of sp³-hybridized carbons (Fsp3) is 0.462. The van der Waals surface area contributed by atoms with Gasteiger partial charge in [0.05, 0.1) is 19.8 Å². The zero-order valence-corrected chi connectivity index (χ0v) is 10.4. The van der Waals surface area contributed by atoms with Crippen LogP contribution >= 0.6 is 0 Å². The van der Waals surface area contributed by atoms with Gasteiger partial charge in [0.2, 0.25) is 5.91 Å². The Morgan fingerprint density at radius 1 is 1.33 bits per heavy atom. The molecule has 18 heavy (non-hydrogen) atoms. The van der Waals surface area contributed by atoms with Crippen LogP contribution < -0.4 is 16.0 Å². The van der Waals surface area contributed by atoms with Crippen LogP contribution in [0.15, 0.2) is 24.3 Å². The van der Waals surface area contributed by atoms with Crippen molar-refractivity contribution in [2.45, 2.75) is 6.54 Å². The fourth-order valence-electron chi connectivity index (χ4n) is 2.04. The van der Waals surface area contributed by atoms with Crippen LogP contribution in [0.5, 0.6) is 0 Å². The zero-order valence-electron chi connectivity index (χ0n) is 10.4. The molecule has 0 atom stereocenters. The van der Waals surface area contributed by atoms with Crippen molar-refractivity contribution in [3.63, 3.8) is 0 Å². The van der Waals surface area contributed by atoms with E-state index in [-0.39, 0.29) is 12.5 Å². The average molecular weight is 249 g/mol. The lowest BCUT2D eigenvalue weighted by Crippen LogP contribution is -2.37. The van der Waals surface area contributed by atoms with Gasteiger partial charge in [-0.05, 0) is 11.6 Å². The molecule has 5 heteroatoms. The Balaban J connectivity index is 2.06. The molecule has 0 bridgehead atoms. The Bertz CT molecular complexity index is 403. The van der Waals surface area contributed by atoms with Crippen LogP contribution in [0.25, 0.3) is 0 Å². The van der Waals surface area contributed by atoms with E-state index in [0.29, 0.717) is 6.54 Å². The third-order valence-electron chi connectivity index (χ3n) is 3.00. The topological polar surface area (TPSA) is 67.6 Å². The molecule has 1 aliphatic heterocycles. The monoisotopic (exact) mass is 249 g/mol. The molecule has 3 N–H and O–H groups in total. The van der Waals surface area contributed by atoms with Crippen LogP contribution in [0.4, 0.5) is 5.69 Å². The van der Waals surface area contributed by atoms with Gasteiger partial charge in [0.1, 0.15) is 0 Å². The largest absolute Gasteiger partial charge is 0.378 e. The third kappa shape index (κ3) is 3.21. The summed E-state index contributed by atoms with van der Waals surface area (Å²) in [6.45, 7) is 3.83. The number of ether oxygens (including phenoxy) is 1. The minimum atomic E-state index is -0.133. The molecule has 1 amide bonds. The van der Waals surface area contributed by atoms with Gasteiger partial charge in [-0.2, -0.15) is 0 Å². The molecule has 1 aromatic carbocycles. The maximum absolute atomic E-state index is 11.2. The number of hydrogen-bond acceptors (Lipinski definition) is 4. The van der Waals surface area contributed by atoms with Gasteiger partial charge in [-0.15, -0.1) is 0 Å². The van der Waals surface area contributed by atoms with Gasteiger partial charge in [0, 0.05) is 25.3 Å². The first-order valence-corrected chi connectivity index (χ1v) is 6.18. The smallest absolute Gasteiger partial charge is 0.234 e. The van der Waals surface area contributed by atoms with Crippen molar-refractivity contribution in [3.8, 4) is 0 Å². The highest BCUT2D eigenvalue weighted by Crippen LogP contribution is 2.21. The minimum Gasteiger partial charge on any atom is -0.378 e. The summed E-state index contributed by atoms with van der Waals surface area (Å²) in [5.74, 6) is -0.133. The van der Waals surface area contributed by atoms with Gasteiger partial charge in [-0.1, -0.05) is 18.2 Å². The van der Waals surface area contributed by atoms with Crippen molar-refractivity contribution in [2.24, 2.45) is 5.73 Å². The molecular weight excluding hydrogens is 230 g/mol. The van der Waals surface area contributed by atoms with Crippen molar-refractivity contribution in [1.29, 1.82) is 0 Å². The van der Waals surface area contributed by atoms with Crippen LogP contribution in [-0.2, 0) is 16.1 Å². The number of morpholine rings is 1. The SMILES string of the molecule is NCC(=O)NCc1ccccc1N1CCOCC1. The van der Waals surface area contributed by atoms with Crippen LogP contribution in [0, 0.1) is 0 Å². The predicted molar refractivity (Wildman–Crippen MR) is 70.4 cm³/mol. The molecular formula is C13H19N3O2. The first-order chi connectivity index (χ1) is 8.81. The molecule has 1 fully saturated rings. The van der Waals surface area contributed by atoms with Gasteiger partial charge < -0.3 is 20.7 Å². The van der Waals surface area contributed by atoms with E-state index in [1.165, 1.54) is 0 Å². The second-order valence-electron chi connectivity index (χ2n) is 4.21. The lowest BCUT2D eigenvalue weighted by Gasteiger charge is -2.30. The molecule has 1 aliphatic rings. The highest BCUT2D eigenvalue weighted by atomic mass is 16.5. The summed E-state index contributed by atoms with van der Waals surface area (Å²) in [6.07, 6.45) is 0. The summed E-state index contributed by atoms with van der Waals surface area (Å²) in [5, 5.41) is 2.81. The third-order valence-corrected chi connectivity index (χ3v) is 3.00. The number of hydrogen-bond donors (Lipinski definition) is 2. The normalized spacial score (nSPS) is 15.5. The second kappa shape index (κ2) is 6.37. The van der Waals surface area contributed by atoms with Gasteiger partial charge >= 0.3 is 0 Å². The highest BCUT2D eigenvalue weighted by Gasteiger charge is 2.14. The Labute approximate surface area is 107 Å². The van der Waals surface area contributed by atoms with E-state index in [1.54, 1.807) is 0 Å². The van der Waals surface area contributed by atoms with Crippen molar-refractivity contribution in [1.82, 2.24) is 5.32 Å². The van der Waals surface area contributed by atoms with Crippen molar-refractivity contribution >= 4 is 11.6 Å². The average Bonchev–Trinajstić information content (AvgIpc) is 2.46. The molecule has 5 nitrogen and oxygen atoms in total. The van der Waals surface area contributed by atoms with Crippen LogP contribution in [0.3, 0.4) is 0 Å².